The van der Waals surface area contributed by atoms with E-state index in [9.17, 15) is 9.90 Å². The SMILES string of the molecule is CC(O)(CNC(=O)CC1CC(c2ccccc2)C1)CN1CCOCC1. The van der Waals surface area contributed by atoms with Crippen molar-refractivity contribution < 1.29 is 14.6 Å². The maximum Gasteiger partial charge on any atom is 0.220 e. The second-order valence-corrected chi connectivity index (χ2v) is 7.81. The lowest BCUT2D eigenvalue weighted by Gasteiger charge is -2.36. The second kappa shape index (κ2) is 8.30. The fourth-order valence-electron chi connectivity index (χ4n) is 3.82. The second-order valence-electron chi connectivity index (χ2n) is 7.81. The Hall–Kier alpha value is -1.43. The van der Waals surface area contributed by atoms with Crippen LogP contribution in [0.2, 0.25) is 0 Å². The normalized spacial score (nSPS) is 26.5. The third kappa shape index (κ3) is 5.53. The number of carbonyl (C=O) groups is 1. The Kier molecular flexibility index (Phi) is 6.10. The largest absolute Gasteiger partial charge is 0.387 e. The molecular weight excluding hydrogens is 316 g/mol. The number of amides is 1. The Balaban J connectivity index is 1.34. The first-order valence-electron chi connectivity index (χ1n) is 9.36. The third-order valence-electron chi connectivity index (χ3n) is 5.32. The van der Waals surface area contributed by atoms with E-state index in [2.05, 4.69) is 34.5 Å². The summed E-state index contributed by atoms with van der Waals surface area (Å²) in [5.41, 5.74) is 0.478. The van der Waals surface area contributed by atoms with Crippen molar-refractivity contribution in [3.8, 4) is 0 Å². The van der Waals surface area contributed by atoms with Crippen molar-refractivity contribution in [3.63, 3.8) is 0 Å². The van der Waals surface area contributed by atoms with Gasteiger partial charge in [0, 0.05) is 32.6 Å². The Morgan fingerprint density at radius 2 is 1.96 bits per heavy atom. The molecule has 5 heteroatoms. The van der Waals surface area contributed by atoms with Crippen molar-refractivity contribution in [3.05, 3.63) is 35.9 Å². The summed E-state index contributed by atoms with van der Waals surface area (Å²) in [7, 11) is 0. The van der Waals surface area contributed by atoms with Crippen molar-refractivity contribution in [2.45, 2.75) is 37.7 Å². The average Bonchev–Trinajstić information content (AvgIpc) is 2.57. The molecular formula is C20H30N2O3. The van der Waals surface area contributed by atoms with Gasteiger partial charge in [-0.05, 0) is 37.2 Å². The molecule has 1 amide bonds. The van der Waals surface area contributed by atoms with Crippen LogP contribution >= 0.6 is 0 Å². The molecule has 1 atom stereocenters. The zero-order valence-corrected chi connectivity index (χ0v) is 15.1. The van der Waals surface area contributed by atoms with Gasteiger partial charge >= 0.3 is 0 Å². The Morgan fingerprint density at radius 3 is 2.64 bits per heavy atom. The predicted octanol–water partition coefficient (Wildman–Crippen LogP) is 1.77. The van der Waals surface area contributed by atoms with Crippen LogP contribution in [0.5, 0.6) is 0 Å². The molecule has 0 bridgehead atoms. The summed E-state index contributed by atoms with van der Waals surface area (Å²) in [6, 6.07) is 10.5. The highest BCUT2D eigenvalue weighted by molar-refractivity contribution is 5.76. The zero-order valence-electron chi connectivity index (χ0n) is 15.1. The molecule has 1 saturated carbocycles. The Labute approximate surface area is 150 Å². The molecule has 0 aromatic heterocycles. The Morgan fingerprint density at radius 1 is 1.28 bits per heavy atom. The molecule has 25 heavy (non-hydrogen) atoms. The molecule has 2 aliphatic rings. The molecule has 1 saturated heterocycles. The quantitative estimate of drug-likeness (QED) is 0.790. The van der Waals surface area contributed by atoms with E-state index in [1.54, 1.807) is 6.92 Å². The van der Waals surface area contributed by atoms with Gasteiger partial charge in [-0.1, -0.05) is 30.3 Å². The maximum absolute atomic E-state index is 12.2. The van der Waals surface area contributed by atoms with Gasteiger partial charge in [-0.15, -0.1) is 0 Å². The lowest BCUT2D eigenvalue weighted by molar-refractivity contribution is -0.124. The summed E-state index contributed by atoms with van der Waals surface area (Å²) in [5.74, 6) is 1.12. The minimum Gasteiger partial charge on any atom is -0.387 e. The Bertz CT molecular complexity index is 549. The molecule has 1 aromatic carbocycles. The molecule has 1 heterocycles. The smallest absolute Gasteiger partial charge is 0.220 e. The molecule has 1 unspecified atom stereocenters. The summed E-state index contributed by atoms with van der Waals surface area (Å²) in [6.45, 7) is 5.77. The molecule has 3 rings (SSSR count). The van der Waals surface area contributed by atoms with Crippen LogP contribution in [0.25, 0.3) is 0 Å². The first-order valence-corrected chi connectivity index (χ1v) is 9.36. The standard InChI is InChI=1S/C20H30N2O3/c1-20(24,15-22-7-9-25-10-8-22)14-21-19(23)13-16-11-18(12-16)17-5-3-2-4-6-17/h2-6,16,18,24H,7-15H2,1H3,(H,21,23). The molecule has 2 N–H and O–H groups in total. The lowest BCUT2D eigenvalue weighted by atomic mass is 9.70. The number of β-amino-alcohol motifs (C(OH)–C–C–N with tert-alkyl or cyclic N) is 1. The van der Waals surface area contributed by atoms with Crippen molar-refractivity contribution >= 4 is 5.91 Å². The number of nitrogens with zero attached hydrogens (tertiary/aromatic N) is 1. The number of benzene rings is 1. The van der Waals surface area contributed by atoms with Gasteiger partial charge in [0.2, 0.25) is 5.91 Å². The number of rotatable bonds is 7. The summed E-state index contributed by atoms with van der Waals surface area (Å²) >= 11 is 0. The van der Waals surface area contributed by atoms with Gasteiger partial charge < -0.3 is 15.2 Å². The summed E-state index contributed by atoms with van der Waals surface area (Å²) in [4.78, 5) is 14.4. The number of hydrogen-bond acceptors (Lipinski definition) is 4. The highest BCUT2D eigenvalue weighted by Crippen LogP contribution is 2.43. The fraction of sp³-hybridized carbons (Fsp3) is 0.650. The predicted molar refractivity (Wildman–Crippen MR) is 97.4 cm³/mol. The third-order valence-corrected chi connectivity index (χ3v) is 5.32. The van der Waals surface area contributed by atoms with Gasteiger partial charge in [0.05, 0.1) is 18.8 Å². The van der Waals surface area contributed by atoms with Crippen molar-refractivity contribution in [1.82, 2.24) is 10.2 Å². The van der Waals surface area contributed by atoms with Gasteiger partial charge in [0.1, 0.15) is 0 Å². The van der Waals surface area contributed by atoms with Crippen LogP contribution in [0.4, 0.5) is 0 Å². The molecule has 1 aromatic rings. The van der Waals surface area contributed by atoms with E-state index in [0.29, 0.717) is 44.6 Å². The number of ether oxygens (including phenoxy) is 1. The van der Waals surface area contributed by atoms with Gasteiger partial charge in [0.15, 0.2) is 0 Å². The van der Waals surface area contributed by atoms with Crippen LogP contribution in [0.1, 0.15) is 37.7 Å². The molecule has 1 aliphatic heterocycles. The minimum absolute atomic E-state index is 0.0544. The zero-order chi connectivity index (χ0) is 17.7. The lowest BCUT2D eigenvalue weighted by Crippen LogP contribution is -2.51. The topological polar surface area (TPSA) is 61.8 Å². The molecule has 138 valence electrons. The van der Waals surface area contributed by atoms with E-state index in [1.807, 2.05) is 6.07 Å². The van der Waals surface area contributed by atoms with Crippen LogP contribution < -0.4 is 5.32 Å². The number of aliphatic hydroxyl groups is 1. The average molecular weight is 346 g/mol. The molecule has 1 aliphatic carbocycles. The van der Waals surface area contributed by atoms with Gasteiger partial charge in [-0.25, -0.2) is 0 Å². The number of nitrogens with one attached hydrogen (secondary N) is 1. The molecule has 0 radical (unpaired) electrons. The summed E-state index contributed by atoms with van der Waals surface area (Å²) in [5, 5.41) is 13.4. The van der Waals surface area contributed by atoms with E-state index in [1.165, 1.54) is 5.56 Å². The van der Waals surface area contributed by atoms with E-state index < -0.39 is 5.60 Å². The number of carbonyl (C=O) groups excluding carboxylic acids is 1. The molecule has 0 spiro atoms. The molecule has 2 fully saturated rings. The summed E-state index contributed by atoms with van der Waals surface area (Å²) in [6.07, 6.45) is 2.74. The summed E-state index contributed by atoms with van der Waals surface area (Å²) < 4.78 is 5.32. The van der Waals surface area contributed by atoms with Crippen LogP contribution in [0.15, 0.2) is 30.3 Å². The number of hydrogen-bond donors (Lipinski definition) is 2. The van der Waals surface area contributed by atoms with Crippen LogP contribution in [-0.4, -0.2) is 60.9 Å². The van der Waals surface area contributed by atoms with Crippen molar-refractivity contribution in [2.24, 2.45) is 5.92 Å². The van der Waals surface area contributed by atoms with Crippen LogP contribution in [-0.2, 0) is 9.53 Å². The van der Waals surface area contributed by atoms with Gasteiger partial charge in [0.25, 0.3) is 0 Å². The van der Waals surface area contributed by atoms with Gasteiger partial charge in [-0.2, -0.15) is 0 Å². The number of morpholine rings is 1. The maximum atomic E-state index is 12.2. The van der Waals surface area contributed by atoms with Crippen LogP contribution in [0, 0.1) is 5.92 Å². The van der Waals surface area contributed by atoms with Gasteiger partial charge in [-0.3, -0.25) is 9.69 Å². The fourth-order valence-corrected chi connectivity index (χ4v) is 3.82. The van der Waals surface area contributed by atoms with E-state index in [-0.39, 0.29) is 5.91 Å². The van der Waals surface area contributed by atoms with Crippen molar-refractivity contribution in [1.29, 1.82) is 0 Å². The first-order chi connectivity index (χ1) is 12.0. The highest BCUT2D eigenvalue weighted by Gasteiger charge is 2.32. The highest BCUT2D eigenvalue weighted by atomic mass is 16.5. The van der Waals surface area contributed by atoms with E-state index in [0.717, 1.165) is 25.9 Å². The van der Waals surface area contributed by atoms with Crippen LogP contribution in [0.3, 0.4) is 0 Å². The minimum atomic E-state index is -0.904. The van der Waals surface area contributed by atoms with E-state index in [4.69, 9.17) is 4.74 Å². The monoisotopic (exact) mass is 346 g/mol. The molecule has 5 nitrogen and oxygen atoms in total. The van der Waals surface area contributed by atoms with E-state index >= 15 is 0 Å². The van der Waals surface area contributed by atoms with Crippen molar-refractivity contribution in [2.75, 3.05) is 39.4 Å². The first kappa shape index (κ1) is 18.4.